The zero-order valence-electron chi connectivity index (χ0n) is 10.8. The number of nitrogens with zero attached hydrogens (tertiary/aromatic N) is 1. The van der Waals surface area contributed by atoms with Crippen LogP contribution in [0.5, 0.6) is 0 Å². The second-order valence-corrected chi connectivity index (χ2v) is 4.92. The summed E-state index contributed by atoms with van der Waals surface area (Å²) in [7, 11) is 1.82. The van der Waals surface area contributed by atoms with Crippen LogP contribution >= 0.6 is 0 Å². The molecule has 0 spiro atoms. The highest BCUT2D eigenvalue weighted by molar-refractivity contribution is 5.91. The Balaban J connectivity index is 1.97. The average molecular weight is 247 g/mol. The van der Waals surface area contributed by atoms with Crippen molar-refractivity contribution in [2.45, 2.75) is 25.8 Å². The lowest BCUT2D eigenvalue weighted by Crippen LogP contribution is -2.35. The first kappa shape index (κ1) is 12.8. The first-order valence-electron chi connectivity index (χ1n) is 6.28. The van der Waals surface area contributed by atoms with Crippen LogP contribution in [0.25, 0.3) is 6.08 Å². The van der Waals surface area contributed by atoms with Crippen molar-refractivity contribution in [2.75, 3.05) is 7.05 Å². The van der Waals surface area contributed by atoms with Crippen molar-refractivity contribution in [3.63, 3.8) is 0 Å². The fraction of sp³-hybridized carbons (Fsp3) is 0.400. The molecule has 1 aromatic rings. The number of benzene rings is 1. The number of likely N-dealkylation sites (N-methyl/N-ethyl adjacent to an activating group) is 1. The Morgan fingerprint density at radius 2 is 2.22 bits per heavy atom. The predicted molar refractivity (Wildman–Crippen MR) is 70.4 cm³/mol. The zero-order valence-corrected chi connectivity index (χ0v) is 10.8. The van der Waals surface area contributed by atoms with E-state index in [9.17, 15) is 9.18 Å². The Labute approximate surface area is 107 Å². The van der Waals surface area contributed by atoms with E-state index in [0.717, 1.165) is 0 Å². The summed E-state index contributed by atoms with van der Waals surface area (Å²) in [6.45, 7) is 2.07. The number of amides is 1. The monoisotopic (exact) mass is 247 g/mol. The third-order valence-corrected chi connectivity index (χ3v) is 3.53. The molecule has 0 saturated heterocycles. The summed E-state index contributed by atoms with van der Waals surface area (Å²) in [5.41, 5.74) is 0.704. The summed E-state index contributed by atoms with van der Waals surface area (Å²) >= 11 is 0. The first-order valence-corrected chi connectivity index (χ1v) is 6.28. The lowest BCUT2D eigenvalue weighted by Gasteiger charge is -2.23. The van der Waals surface area contributed by atoms with Crippen LogP contribution in [-0.4, -0.2) is 23.9 Å². The van der Waals surface area contributed by atoms with E-state index in [1.165, 1.54) is 31.1 Å². The third-order valence-electron chi connectivity index (χ3n) is 3.53. The molecule has 2 nitrogen and oxygen atoms in total. The standard InChI is InChI=1S/C15H18FNO/c1-11(13-7-8-13)17(2)15(18)9-6-12-4-3-5-14(16)10-12/h3-6,9-11,13H,7-8H2,1-2H3/b9-6+. The van der Waals surface area contributed by atoms with Crippen LogP contribution in [0.15, 0.2) is 30.3 Å². The second-order valence-electron chi connectivity index (χ2n) is 4.92. The first-order chi connectivity index (χ1) is 8.58. The fourth-order valence-corrected chi connectivity index (χ4v) is 1.99. The molecule has 1 saturated carbocycles. The maximum absolute atomic E-state index is 13.0. The lowest BCUT2D eigenvalue weighted by molar-refractivity contribution is -0.126. The molecular formula is C15H18FNO. The quantitative estimate of drug-likeness (QED) is 0.749. The topological polar surface area (TPSA) is 20.3 Å². The predicted octanol–water partition coefficient (Wildman–Crippen LogP) is 3.10. The van der Waals surface area contributed by atoms with Gasteiger partial charge in [0.15, 0.2) is 0 Å². The minimum atomic E-state index is -0.288. The Kier molecular flexibility index (Phi) is 3.80. The number of hydrogen-bond donors (Lipinski definition) is 0. The molecule has 3 heteroatoms. The summed E-state index contributed by atoms with van der Waals surface area (Å²) in [5, 5.41) is 0. The minimum Gasteiger partial charge on any atom is -0.339 e. The van der Waals surface area contributed by atoms with Gasteiger partial charge in [-0.25, -0.2) is 4.39 Å². The molecule has 0 aromatic heterocycles. The molecule has 1 unspecified atom stereocenters. The van der Waals surface area contributed by atoms with E-state index in [1.807, 2.05) is 7.05 Å². The van der Waals surface area contributed by atoms with Crippen LogP contribution in [0.2, 0.25) is 0 Å². The van der Waals surface area contributed by atoms with Crippen molar-refractivity contribution in [3.8, 4) is 0 Å². The molecule has 1 fully saturated rings. The highest BCUT2D eigenvalue weighted by atomic mass is 19.1. The number of halogens is 1. The Morgan fingerprint density at radius 3 is 2.83 bits per heavy atom. The Hall–Kier alpha value is -1.64. The molecule has 1 aromatic carbocycles. The van der Waals surface area contributed by atoms with Gasteiger partial charge in [-0.05, 0) is 49.5 Å². The minimum absolute atomic E-state index is 0.0290. The molecule has 1 atom stereocenters. The largest absolute Gasteiger partial charge is 0.339 e. The second kappa shape index (κ2) is 5.34. The van der Waals surface area contributed by atoms with E-state index < -0.39 is 0 Å². The molecule has 1 amide bonds. The molecule has 96 valence electrons. The van der Waals surface area contributed by atoms with E-state index in [4.69, 9.17) is 0 Å². The summed E-state index contributed by atoms with van der Waals surface area (Å²) in [5.74, 6) is 0.337. The van der Waals surface area contributed by atoms with Gasteiger partial charge in [-0.3, -0.25) is 4.79 Å². The summed E-state index contributed by atoms with van der Waals surface area (Å²) < 4.78 is 13.0. The molecule has 0 bridgehead atoms. The van der Waals surface area contributed by atoms with E-state index in [2.05, 4.69) is 6.92 Å². The maximum Gasteiger partial charge on any atom is 0.246 e. The van der Waals surface area contributed by atoms with Gasteiger partial charge in [-0.1, -0.05) is 12.1 Å². The number of carbonyl (C=O) groups excluding carboxylic acids is 1. The number of hydrogen-bond acceptors (Lipinski definition) is 1. The molecule has 0 radical (unpaired) electrons. The van der Waals surface area contributed by atoms with Crippen molar-refractivity contribution >= 4 is 12.0 Å². The number of carbonyl (C=O) groups is 1. The SMILES string of the molecule is CC(C1CC1)N(C)C(=O)/C=C/c1cccc(F)c1. The van der Waals surface area contributed by atoms with E-state index in [-0.39, 0.29) is 17.8 Å². The van der Waals surface area contributed by atoms with Gasteiger partial charge in [0.2, 0.25) is 5.91 Å². The molecule has 18 heavy (non-hydrogen) atoms. The molecule has 2 rings (SSSR count). The fourth-order valence-electron chi connectivity index (χ4n) is 1.99. The van der Waals surface area contributed by atoms with Crippen LogP contribution < -0.4 is 0 Å². The summed E-state index contributed by atoms with van der Waals surface area (Å²) in [4.78, 5) is 13.7. The van der Waals surface area contributed by atoms with Crippen molar-refractivity contribution in [2.24, 2.45) is 5.92 Å². The van der Waals surface area contributed by atoms with Crippen LogP contribution in [0, 0.1) is 11.7 Å². The zero-order chi connectivity index (χ0) is 13.1. The number of rotatable bonds is 4. The van der Waals surface area contributed by atoms with Crippen molar-refractivity contribution < 1.29 is 9.18 Å². The van der Waals surface area contributed by atoms with Crippen molar-refractivity contribution in [1.29, 1.82) is 0 Å². The van der Waals surface area contributed by atoms with Gasteiger partial charge in [0.1, 0.15) is 5.82 Å². The van der Waals surface area contributed by atoms with Gasteiger partial charge in [-0.15, -0.1) is 0 Å². The molecular weight excluding hydrogens is 229 g/mol. The van der Waals surface area contributed by atoms with Gasteiger partial charge in [0.05, 0.1) is 0 Å². The molecule has 0 N–H and O–H groups in total. The summed E-state index contributed by atoms with van der Waals surface area (Å²) in [6.07, 6.45) is 5.59. The molecule has 1 aliphatic carbocycles. The highest BCUT2D eigenvalue weighted by Crippen LogP contribution is 2.34. The Bertz CT molecular complexity index is 465. The van der Waals surface area contributed by atoms with Crippen LogP contribution in [0.3, 0.4) is 0 Å². The van der Waals surface area contributed by atoms with E-state index in [0.29, 0.717) is 11.5 Å². The van der Waals surface area contributed by atoms with Crippen molar-refractivity contribution in [3.05, 3.63) is 41.7 Å². The lowest BCUT2D eigenvalue weighted by atomic mass is 10.1. The average Bonchev–Trinajstić information content (AvgIpc) is 3.18. The van der Waals surface area contributed by atoms with E-state index >= 15 is 0 Å². The molecule has 0 heterocycles. The van der Waals surface area contributed by atoms with E-state index in [1.54, 1.807) is 23.1 Å². The maximum atomic E-state index is 13.0. The third kappa shape index (κ3) is 3.19. The van der Waals surface area contributed by atoms with Gasteiger partial charge >= 0.3 is 0 Å². The molecule has 0 aliphatic heterocycles. The van der Waals surface area contributed by atoms with Gasteiger partial charge in [0.25, 0.3) is 0 Å². The highest BCUT2D eigenvalue weighted by Gasteiger charge is 2.31. The smallest absolute Gasteiger partial charge is 0.246 e. The van der Waals surface area contributed by atoms with Gasteiger partial charge in [-0.2, -0.15) is 0 Å². The van der Waals surface area contributed by atoms with Crippen LogP contribution in [0.4, 0.5) is 4.39 Å². The summed E-state index contributed by atoms with van der Waals surface area (Å²) in [6, 6.07) is 6.50. The van der Waals surface area contributed by atoms with Gasteiger partial charge < -0.3 is 4.90 Å². The van der Waals surface area contributed by atoms with Crippen LogP contribution in [-0.2, 0) is 4.79 Å². The normalized spacial score (nSPS) is 16.8. The Morgan fingerprint density at radius 1 is 1.50 bits per heavy atom. The van der Waals surface area contributed by atoms with Gasteiger partial charge in [0, 0.05) is 19.2 Å². The van der Waals surface area contributed by atoms with Crippen LogP contribution in [0.1, 0.15) is 25.3 Å². The van der Waals surface area contributed by atoms with Crippen molar-refractivity contribution in [1.82, 2.24) is 4.90 Å². The molecule has 1 aliphatic rings.